The van der Waals surface area contributed by atoms with Crippen LogP contribution in [0.5, 0.6) is 5.75 Å². The molecule has 0 aliphatic carbocycles. The molecule has 1 aliphatic rings. The van der Waals surface area contributed by atoms with E-state index in [1.807, 2.05) is 0 Å². The molecule has 1 aromatic carbocycles. The standard InChI is InChI=1S/C14H16FNO2/c1-2-14(17)16-9-7-13(8-10-16)18-12-5-3-11(15)4-6-12/h2-6,13H,1,7-10H2. The van der Waals surface area contributed by atoms with E-state index in [1.165, 1.54) is 18.2 Å². The minimum absolute atomic E-state index is 0.0322. The van der Waals surface area contributed by atoms with Gasteiger partial charge < -0.3 is 9.64 Å². The van der Waals surface area contributed by atoms with Gasteiger partial charge in [-0.05, 0) is 30.3 Å². The lowest BCUT2D eigenvalue weighted by molar-refractivity contribution is -0.127. The van der Waals surface area contributed by atoms with Gasteiger partial charge >= 0.3 is 0 Å². The summed E-state index contributed by atoms with van der Waals surface area (Å²) >= 11 is 0. The van der Waals surface area contributed by atoms with Gasteiger partial charge in [0.15, 0.2) is 0 Å². The summed E-state index contributed by atoms with van der Waals surface area (Å²) in [5, 5.41) is 0. The Balaban J connectivity index is 1.85. The molecule has 0 radical (unpaired) electrons. The Morgan fingerprint density at radius 2 is 1.94 bits per heavy atom. The van der Waals surface area contributed by atoms with Crippen LogP contribution in [-0.2, 0) is 4.79 Å². The Kier molecular flexibility index (Phi) is 3.97. The molecule has 1 aliphatic heterocycles. The minimum Gasteiger partial charge on any atom is -0.490 e. The smallest absolute Gasteiger partial charge is 0.245 e. The fourth-order valence-electron chi connectivity index (χ4n) is 2.03. The second-order valence-corrected chi connectivity index (χ2v) is 4.30. The van der Waals surface area contributed by atoms with Crippen LogP contribution in [0.4, 0.5) is 4.39 Å². The molecule has 0 aromatic heterocycles. The van der Waals surface area contributed by atoms with Crippen molar-refractivity contribution >= 4 is 5.91 Å². The maximum absolute atomic E-state index is 12.7. The largest absolute Gasteiger partial charge is 0.490 e. The van der Waals surface area contributed by atoms with Gasteiger partial charge in [-0.15, -0.1) is 0 Å². The first-order valence-corrected chi connectivity index (χ1v) is 6.02. The van der Waals surface area contributed by atoms with Crippen LogP contribution in [0, 0.1) is 5.82 Å². The first kappa shape index (κ1) is 12.6. The van der Waals surface area contributed by atoms with E-state index in [-0.39, 0.29) is 17.8 Å². The van der Waals surface area contributed by atoms with Crippen molar-refractivity contribution in [3.05, 3.63) is 42.7 Å². The summed E-state index contributed by atoms with van der Waals surface area (Å²) in [5.41, 5.74) is 0. The van der Waals surface area contributed by atoms with Crippen LogP contribution in [0.25, 0.3) is 0 Å². The summed E-state index contributed by atoms with van der Waals surface area (Å²) in [6, 6.07) is 6.00. The molecule has 0 spiro atoms. The lowest BCUT2D eigenvalue weighted by Crippen LogP contribution is -2.41. The summed E-state index contributed by atoms with van der Waals surface area (Å²) in [6.45, 7) is 4.83. The van der Waals surface area contributed by atoms with Gasteiger partial charge in [-0.2, -0.15) is 0 Å². The van der Waals surface area contributed by atoms with E-state index in [0.29, 0.717) is 18.8 Å². The van der Waals surface area contributed by atoms with Crippen LogP contribution in [-0.4, -0.2) is 30.0 Å². The lowest BCUT2D eigenvalue weighted by Gasteiger charge is -2.31. The Morgan fingerprint density at radius 3 is 2.50 bits per heavy atom. The topological polar surface area (TPSA) is 29.5 Å². The number of halogens is 1. The molecular weight excluding hydrogens is 233 g/mol. The normalized spacial score (nSPS) is 16.4. The van der Waals surface area contributed by atoms with Crippen LogP contribution in [0.2, 0.25) is 0 Å². The van der Waals surface area contributed by atoms with Crippen LogP contribution in [0.3, 0.4) is 0 Å². The number of ether oxygens (including phenoxy) is 1. The number of nitrogens with zero attached hydrogens (tertiary/aromatic N) is 1. The van der Waals surface area contributed by atoms with E-state index in [9.17, 15) is 9.18 Å². The molecule has 1 fully saturated rings. The van der Waals surface area contributed by atoms with E-state index in [0.717, 1.165) is 12.8 Å². The first-order chi connectivity index (χ1) is 8.69. The average Bonchev–Trinajstić information content (AvgIpc) is 2.41. The Bertz CT molecular complexity index is 422. The molecule has 0 saturated carbocycles. The van der Waals surface area contributed by atoms with Crippen molar-refractivity contribution in [2.45, 2.75) is 18.9 Å². The summed E-state index contributed by atoms with van der Waals surface area (Å²) in [7, 11) is 0. The number of piperidine rings is 1. The maximum atomic E-state index is 12.7. The highest BCUT2D eigenvalue weighted by atomic mass is 19.1. The summed E-state index contributed by atoms with van der Waals surface area (Å²) in [6.07, 6.45) is 3.00. The zero-order valence-corrected chi connectivity index (χ0v) is 10.1. The molecule has 1 saturated heterocycles. The molecule has 1 heterocycles. The number of likely N-dealkylation sites (tertiary alicyclic amines) is 1. The third-order valence-corrected chi connectivity index (χ3v) is 3.04. The van der Waals surface area contributed by atoms with Crippen molar-refractivity contribution in [3.63, 3.8) is 0 Å². The molecule has 96 valence electrons. The Hall–Kier alpha value is -1.84. The number of benzene rings is 1. The quantitative estimate of drug-likeness (QED) is 0.770. The highest BCUT2D eigenvalue weighted by Gasteiger charge is 2.22. The van der Waals surface area contributed by atoms with Crippen LogP contribution < -0.4 is 4.74 Å². The van der Waals surface area contributed by atoms with Crippen LogP contribution in [0.1, 0.15) is 12.8 Å². The monoisotopic (exact) mass is 249 g/mol. The second kappa shape index (κ2) is 5.67. The zero-order chi connectivity index (χ0) is 13.0. The number of carbonyl (C=O) groups is 1. The van der Waals surface area contributed by atoms with Gasteiger partial charge in [-0.1, -0.05) is 6.58 Å². The van der Waals surface area contributed by atoms with Gasteiger partial charge in [-0.3, -0.25) is 4.79 Å². The molecule has 4 heteroatoms. The molecule has 0 unspecified atom stereocenters. The van der Waals surface area contributed by atoms with Gasteiger partial charge in [0.05, 0.1) is 0 Å². The summed E-state index contributed by atoms with van der Waals surface area (Å²) in [4.78, 5) is 13.2. The van der Waals surface area contributed by atoms with Crippen molar-refractivity contribution in [1.29, 1.82) is 0 Å². The molecule has 18 heavy (non-hydrogen) atoms. The fraction of sp³-hybridized carbons (Fsp3) is 0.357. The van der Waals surface area contributed by atoms with Gasteiger partial charge in [0.2, 0.25) is 5.91 Å². The zero-order valence-electron chi connectivity index (χ0n) is 10.1. The number of rotatable bonds is 3. The van der Waals surface area contributed by atoms with Crippen molar-refractivity contribution in [2.75, 3.05) is 13.1 Å². The predicted molar refractivity (Wildman–Crippen MR) is 66.8 cm³/mol. The van der Waals surface area contributed by atoms with Crippen LogP contribution in [0.15, 0.2) is 36.9 Å². The fourth-order valence-corrected chi connectivity index (χ4v) is 2.03. The predicted octanol–water partition coefficient (Wildman–Crippen LogP) is 2.38. The van der Waals surface area contributed by atoms with Gasteiger partial charge in [-0.25, -0.2) is 4.39 Å². The second-order valence-electron chi connectivity index (χ2n) is 4.30. The molecule has 1 amide bonds. The van der Waals surface area contributed by atoms with Crippen molar-refractivity contribution in [2.24, 2.45) is 0 Å². The Morgan fingerprint density at radius 1 is 1.33 bits per heavy atom. The van der Waals surface area contributed by atoms with E-state index in [1.54, 1.807) is 17.0 Å². The molecular formula is C14H16FNO2. The third kappa shape index (κ3) is 3.09. The molecule has 1 aromatic rings. The molecule has 0 atom stereocenters. The number of hydrogen-bond donors (Lipinski definition) is 0. The molecule has 2 rings (SSSR count). The highest BCUT2D eigenvalue weighted by molar-refractivity contribution is 5.87. The lowest BCUT2D eigenvalue weighted by atomic mass is 10.1. The van der Waals surface area contributed by atoms with E-state index < -0.39 is 0 Å². The van der Waals surface area contributed by atoms with Crippen molar-refractivity contribution in [1.82, 2.24) is 4.90 Å². The maximum Gasteiger partial charge on any atom is 0.245 e. The molecule has 0 N–H and O–H groups in total. The minimum atomic E-state index is -0.270. The van der Waals surface area contributed by atoms with E-state index >= 15 is 0 Å². The number of carbonyl (C=O) groups excluding carboxylic acids is 1. The summed E-state index contributed by atoms with van der Waals surface area (Å²) in [5.74, 6) is 0.369. The van der Waals surface area contributed by atoms with Crippen LogP contribution >= 0.6 is 0 Å². The van der Waals surface area contributed by atoms with E-state index in [2.05, 4.69) is 6.58 Å². The SMILES string of the molecule is C=CC(=O)N1CCC(Oc2ccc(F)cc2)CC1. The summed E-state index contributed by atoms with van der Waals surface area (Å²) < 4.78 is 18.5. The van der Waals surface area contributed by atoms with Gasteiger partial charge in [0.25, 0.3) is 0 Å². The number of hydrogen-bond acceptors (Lipinski definition) is 2. The first-order valence-electron chi connectivity index (χ1n) is 6.02. The van der Waals surface area contributed by atoms with Gasteiger partial charge in [0.1, 0.15) is 17.7 Å². The molecule has 0 bridgehead atoms. The van der Waals surface area contributed by atoms with Crippen molar-refractivity contribution < 1.29 is 13.9 Å². The molecule has 3 nitrogen and oxygen atoms in total. The number of amides is 1. The highest BCUT2D eigenvalue weighted by Crippen LogP contribution is 2.19. The van der Waals surface area contributed by atoms with Crippen molar-refractivity contribution in [3.8, 4) is 5.75 Å². The third-order valence-electron chi connectivity index (χ3n) is 3.04. The van der Waals surface area contributed by atoms with Gasteiger partial charge in [0, 0.05) is 25.9 Å². The van der Waals surface area contributed by atoms with E-state index in [4.69, 9.17) is 4.74 Å². The average molecular weight is 249 g/mol. The Labute approximate surface area is 106 Å².